The van der Waals surface area contributed by atoms with Crippen molar-refractivity contribution in [3.05, 3.63) is 0 Å². The third kappa shape index (κ3) is 22.4. The van der Waals surface area contributed by atoms with Crippen LogP contribution in [-0.2, 0) is 13.6 Å². The third-order valence-electron chi connectivity index (χ3n) is 0.479. The molecular formula is C4H15AlO5P2+. The number of hydrogen-bond acceptors (Lipinski definition) is 4. The van der Waals surface area contributed by atoms with Crippen molar-refractivity contribution in [3.8, 4) is 0 Å². The van der Waals surface area contributed by atoms with Crippen molar-refractivity contribution in [2.45, 2.75) is 13.8 Å². The van der Waals surface area contributed by atoms with Crippen LogP contribution in [0.1, 0.15) is 13.8 Å². The summed E-state index contributed by atoms with van der Waals surface area (Å²) in [5.74, 6) is 0. The summed E-state index contributed by atoms with van der Waals surface area (Å²) in [7, 11) is -2.75. The first-order valence-electron chi connectivity index (χ1n) is 2.98. The molecule has 1 radical (unpaired) electrons. The van der Waals surface area contributed by atoms with E-state index in [0.29, 0.717) is 13.2 Å². The van der Waals surface area contributed by atoms with Crippen molar-refractivity contribution >= 4 is 34.7 Å². The Hall–Kier alpha value is 0.902. The maximum absolute atomic E-state index is 8.67. The summed E-state index contributed by atoms with van der Waals surface area (Å²) in [6.45, 7) is 4.62. The highest BCUT2D eigenvalue weighted by Gasteiger charge is 2.00. The van der Waals surface area contributed by atoms with Crippen LogP contribution in [0.4, 0.5) is 0 Å². The van der Waals surface area contributed by atoms with Crippen molar-refractivity contribution in [3.63, 3.8) is 0 Å². The van der Waals surface area contributed by atoms with Gasteiger partial charge in [0.2, 0.25) is 0 Å². The van der Waals surface area contributed by atoms with Gasteiger partial charge in [-0.3, -0.25) is 0 Å². The van der Waals surface area contributed by atoms with Crippen LogP contribution in [0.3, 0.4) is 0 Å². The molecule has 0 heterocycles. The van der Waals surface area contributed by atoms with E-state index in [1.54, 1.807) is 0 Å². The molecule has 0 aliphatic heterocycles. The van der Waals surface area contributed by atoms with E-state index < -0.39 is 17.3 Å². The van der Waals surface area contributed by atoms with Crippen molar-refractivity contribution in [1.82, 2.24) is 0 Å². The molecule has 0 aromatic heterocycles. The lowest BCUT2D eigenvalue weighted by atomic mass is 10.9. The molecule has 73 valence electrons. The smallest absolute Gasteiger partial charge is 0.328 e. The molecular weight excluding hydrogens is 217 g/mol. The third-order valence-corrected chi connectivity index (χ3v) is 1.44. The number of rotatable bonds is 4. The number of hydrogen-bond donors (Lipinski definition) is 2. The lowest BCUT2D eigenvalue weighted by Gasteiger charge is -2.05. The predicted molar refractivity (Wildman–Crippen MR) is 52.2 cm³/mol. The van der Waals surface area contributed by atoms with Gasteiger partial charge in [-0.05, 0) is 18.4 Å². The van der Waals surface area contributed by atoms with E-state index in [4.69, 9.17) is 14.4 Å². The molecule has 0 amide bonds. The predicted octanol–water partition coefficient (Wildman–Crippen LogP) is 0.280. The maximum atomic E-state index is 8.67. The highest BCUT2D eigenvalue weighted by molar-refractivity contribution is 7.40. The minimum Gasteiger partial charge on any atom is -0.328 e. The van der Waals surface area contributed by atoms with Gasteiger partial charge in [0.1, 0.15) is 17.4 Å². The van der Waals surface area contributed by atoms with E-state index in [1.807, 2.05) is 13.8 Å². The lowest BCUT2D eigenvalue weighted by molar-refractivity contribution is 0.216. The van der Waals surface area contributed by atoms with E-state index in [0.717, 1.165) is 0 Å². The molecule has 0 rings (SSSR count). The largest absolute Gasteiger partial charge is 0.491 e. The van der Waals surface area contributed by atoms with E-state index in [1.165, 1.54) is 0 Å². The highest BCUT2D eigenvalue weighted by Crippen LogP contribution is 2.31. The van der Waals surface area contributed by atoms with E-state index in [-0.39, 0.29) is 17.4 Å². The van der Waals surface area contributed by atoms with Gasteiger partial charge < -0.3 is 13.9 Å². The molecule has 0 aliphatic rings. The molecule has 0 fully saturated rings. The quantitative estimate of drug-likeness (QED) is 0.537. The summed E-state index contributed by atoms with van der Waals surface area (Å²) in [6, 6.07) is 0. The normalized spacial score (nSPS) is 8.75. The second-order valence-electron chi connectivity index (χ2n) is 1.16. The van der Waals surface area contributed by atoms with Gasteiger partial charge in [-0.2, -0.15) is 4.89 Å². The zero-order valence-corrected chi connectivity index (χ0v) is 11.4. The Kier molecular flexibility index (Phi) is 27.7. The van der Waals surface area contributed by atoms with Crippen LogP contribution >= 0.6 is 17.3 Å². The SMILES string of the molecule is CCOP(O)OCC.O=[PH+]O.[AlH2]. The molecule has 0 spiro atoms. The fraction of sp³-hybridized carbons (Fsp3) is 1.00. The lowest BCUT2D eigenvalue weighted by Crippen LogP contribution is -1.87. The molecule has 8 heteroatoms. The molecule has 0 saturated carbocycles. The molecule has 0 saturated heterocycles. The molecule has 2 N–H and O–H groups in total. The van der Waals surface area contributed by atoms with Gasteiger partial charge in [-0.1, -0.05) is 0 Å². The van der Waals surface area contributed by atoms with E-state index >= 15 is 0 Å². The van der Waals surface area contributed by atoms with Crippen LogP contribution in [0, 0.1) is 0 Å². The van der Waals surface area contributed by atoms with Crippen molar-refractivity contribution in [2.75, 3.05) is 13.2 Å². The van der Waals surface area contributed by atoms with Gasteiger partial charge in [0.05, 0.1) is 13.2 Å². The fourth-order valence-electron chi connectivity index (χ4n) is 0.258. The Labute approximate surface area is 85.5 Å². The molecule has 0 bridgehead atoms. The Morgan fingerprint density at radius 2 is 1.58 bits per heavy atom. The van der Waals surface area contributed by atoms with E-state index in [9.17, 15) is 0 Å². The Balaban J connectivity index is -0.000000177. The van der Waals surface area contributed by atoms with Gasteiger partial charge in [0.15, 0.2) is 0 Å². The van der Waals surface area contributed by atoms with Crippen molar-refractivity contribution in [1.29, 1.82) is 0 Å². The molecule has 0 aromatic rings. The molecule has 12 heavy (non-hydrogen) atoms. The van der Waals surface area contributed by atoms with Crippen LogP contribution in [0.15, 0.2) is 0 Å². The Morgan fingerprint density at radius 1 is 1.33 bits per heavy atom. The van der Waals surface area contributed by atoms with Crippen molar-refractivity contribution < 1.29 is 23.4 Å². The first-order valence-corrected chi connectivity index (χ1v) is 4.97. The van der Waals surface area contributed by atoms with Crippen LogP contribution in [-0.4, -0.2) is 40.4 Å². The molecule has 0 aliphatic carbocycles. The minimum absolute atomic E-state index is 0. The summed E-state index contributed by atoms with van der Waals surface area (Å²) in [5, 5.41) is 0. The van der Waals surface area contributed by atoms with Crippen LogP contribution in [0.5, 0.6) is 0 Å². The summed E-state index contributed by atoms with van der Waals surface area (Å²) in [4.78, 5) is 15.7. The Morgan fingerprint density at radius 3 is 1.75 bits per heavy atom. The fourth-order valence-corrected chi connectivity index (χ4v) is 0.774. The first kappa shape index (κ1) is 18.6. The zero-order chi connectivity index (χ0) is 9.11. The topological polar surface area (TPSA) is 76.0 Å². The van der Waals surface area contributed by atoms with Gasteiger partial charge in [-0.15, -0.1) is 0 Å². The average Bonchev–Trinajstić information content (AvgIpc) is 1.90. The average molecular weight is 232 g/mol. The summed E-state index contributed by atoms with van der Waals surface area (Å²) in [5.41, 5.74) is 0. The standard InChI is InChI=1S/C4H11O3P.Al.HO2P.2H/c1-3-6-8(5)7-4-2;;1-3-2;;/h5H,3-4H2,1-2H3;;3H;;/p+1. The van der Waals surface area contributed by atoms with Crippen LogP contribution in [0.25, 0.3) is 0 Å². The zero-order valence-electron chi connectivity index (χ0n) is 7.48. The molecule has 5 nitrogen and oxygen atoms in total. The highest BCUT2D eigenvalue weighted by atomic mass is 31.2. The van der Waals surface area contributed by atoms with Gasteiger partial charge in [-0.25, -0.2) is 0 Å². The first-order chi connectivity index (χ1) is 5.22. The monoisotopic (exact) mass is 232 g/mol. The molecule has 1 atom stereocenters. The summed E-state index contributed by atoms with van der Waals surface area (Å²) >= 11 is 0. The molecule has 1 unspecified atom stereocenters. The minimum atomic E-state index is -1.58. The molecule has 0 aromatic carbocycles. The van der Waals surface area contributed by atoms with Gasteiger partial charge in [0, 0.05) is 0 Å². The van der Waals surface area contributed by atoms with E-state index in [2.05, 4.69) is 9.05 Å². The summed E-state index contributed by atoms with van der Waals surface area (Å²) < 4.78 is 17.9. The van der Waals surface area contributed by atoms with Gasteiger partial charge in [0.25, 0.3) is 0 Å². The maximum Gasteiger partial charge on any atom is 0.491 e. The second kappa shape index (κ2) is 17.9. The van der Waals surface area contributed by atoms with Crippen LogP contribution in [0.2, 0.25) is 0 Å². The summed E-state index contributed by atoms with van der Waals surface area (Å²) in [6.07, 6.45) is 0. The second-order valence-corrected chi connectivity index (χ2v) is 2.34. The van der Waals surface area contributed by atoms with Gasteiger partial charge >= 0.3 is 17.3 Å². The van der Waals surface area contributed by atoms with Crippen molar-refractivity contribution in [2.24, 2.45) is 0 Å². The Bertz CT molecular complexity index is 79.8. The van der Waals surface area contributed by atoms with Crippen LogP contribution < -0.4 is 0 Å².